The molecule has 2 heterocycles. The van der Waals surface area contributed by atoms with Crippen LogP contribution in [-0.2, 0) is 17.3 Å². The summed E-state index contributed by atoms with van der Waals surface area (Å²) in [5, 5.41) is 3.10. The average Bonchev–Trinajstić information content (AvgIpc) is 2.96. The van der Waals surface area contributed by atoms with Crippen molar-refractivity contribution in [2.75, 3.05) is 13.2 Å². The smallest absolute Gasteiger partial charge is 0.326 e. The Morgan fingerprint density at radius 3 is 2.74 bits per heavy atom. The minimum absolute atomic E-state index is 0.233. The molecule has 1 aromatic heterocycles. The van der Waals surface area contributed by atoms with E-state index in [2.05, 4.69) is 10.3 Å². The van der Waals surface area contributed by atoms with E-state index in [0.29, 0.717) is 42.7 Å². The normalized spacial score (nSPS) is 16.4. The first kappa shape index (κ1) is 17.5. The predicted octanol–water partition coefficient (Wildman–Crippen LogP) is 2.44. The molecule has 6 nitrogen and oxygen atoms in total. The average molecular weight is 369 g/mol. The number of aryl methyl sites for hydroxylation is 1. The summed E-state index contributed by atoms with van der Waals surface area (Å²) in [5.41, 5.74) is 1.58. The van der Waals surface area contributed by atoms with Gasteiger partial charge in [0.05, 0.1) is 16.6 Å². The number of aromatic amines is 1. The molecule has 140 valence electrons. The van der Waals surface area contributed by atoms with Crippen LogP contribution in [0.15, 0.2) is 47.3 Å². The zero-order valence-electron chi connectivity index (χ0n) is 14.9. The van der Waals surface area contributed by atoms with Gasteiger partial charge in [-0.2, -0.15) is 0 Å². The molecule has 1 fully saturated rings. The monoisotopic (exact) mass is 369 g/mol. The molecule has 2 aromatic carbocycles. The van der Waals surface area contributed by atoms with Crippen molar-refractivity contribution >= 4 is 16.9 Å². The SMILES string of the molecule is Cn1c(=O)[nH]c2ccc(C(=O)NC3(c4cccc(F)c4)CCOCC3)cc21. The van der Waals surface area contributed by atoms with Crippen molar-refractivity contribution < 1.29 is 13.9 Å². The largest absolute Gasteiger partial charge is 0.381 e. The molecule has 4 rings (SSSR count). The highest BCUT2D eigenvalue weighted by Crippen LogP contribution is 2.33. The molecular weight excluding hydrogens is 349 g/mol. The van der Waals surface area contributed by atoms with E-state index in [1.807, 2.05) is 6.07 Å². The van der Waals surface area contributed by atoms with Gasteiger partial charge in [0.1, 0.15) is 5.82 Å². The Hall–Kier alpha value is -2.93. The molecule has 3 aromatic rings. The number of H-pyrrole nitrogens is 1. The molecule has 0 bridgehead atoms. The van der Waals surface area contributed by atoms with Gasteiger partial charge in [0, 0.05) is 25.8 Å². The number of hydrogen-bond acceptors (Lipinski definition) is 3. The molecular formula is C20H20FN3O3. The molecule has 0 atom stereocenters. The lowest BCUT2D eigenvalue weighted by molar-refractivity contribution is 0.0344. The van der Waals surface area contributed by atoms with E-state index < -0.39 is 5.54 Å². The fourth-order valence-electron chi connectivity index (χ4n) is 3.65. The molecule has 0 spiro atoms. The third-order valence-electron chi connectivity index (χ3n) is 5.24. The van der Waals surface area contributed by atoms with Gasteiger partial charge in [-0.1, -0.05) is 12.1 Å². The Kier molecular flexibility index (Phi) is 4.31. The van der Waals surface area contributed by atoms with Crippen molar-refractivity contribution in [3.8, 4) is 0 Å². The third-order valence-corrected chi connectivity index (χ3v) is 5.24. The fraction of sp³-hybridized carbons (Fsp3) is 0.300. The van der Waals surface area contributed by atoms with E-state index >= 15 is 0 Å². The molecule has 27 heavy (non-hydrogen) atoms. The maximum Gasteiger partial charge on any atom is 0.326 e. The Bertz CT molecular complexity index is 1060. The van der Waals surface area contributed by atoms with Gasteiger partial charge in [-0.15, -0.1) is 0 Å². The van der Waals surface area contributed by atoms with Crippen molar-refractivity contribution in [1.29, 1.82) is 0 Å². The third kappa shape index (κ3) is 3.14. The zero-order chi connectivity index (χ0) is 19.0. The van der Waals surface area contributed by atoms with Crippen LogP contribution in [0.3, 0.4) is 0 Å². The van der Waals surface area contributed by atoms with Crippen molar-refractivity contribution in [3.05, 3.63) is 69.9 Å². The van der Waals surface area contributed by atoms with Crippen molar-refractivity contribution in [1.82, 2.24) is 14.9 Å². The van der Waals surface area contributed by atoms with Crippen LogP contribution in [0.4, 0.5) is 4.39 Å². The van der Waals surface area contributed by atoms with Crippen molar-refractivity contribution in [3.63, 3.8) is 0 Å². The summed E-state index contributed by atoms with van der Waals surface area (Å²) in [6.45, 7) is 0.976. The number of carbonyl (C=O) groups excluding carboxylic acids is 1. The summed E-state index contributed by atoms with van der Waals surface area (Å²) in [6.07, 6.45) is 1.13. The van der Waals surface area contributed by atoms with Crippen LogP contribution < -0.4 is 11.0 Å². The van der Waals surface area contributed by atoms with Crippen molar-refractivity contribution in [2.24, 2.45) is 7.05 Å². The van der Waals surface area contributed by atoms with Gasteiger partial charge in [0.25, 0.3) is 5.91 Å². The Labute approximate surface area is 155 Å². The summed E-state index contributed by atoms with van der Waals surface area (Å²) < 4.78 is 20.7. The number of nitrogens with one attached hydrogen (secondary N) is 2. The topological polar surface area (TPSA) is 76.1 Å². The lowest BCUT2D eigenvalue weighted by Gasteiger charge is -2.38. The molecule has 1 saturated heterocycles. The predicted molar refractivity (Wildman–Crippen MR) is 99.1 cm³/mol. The summed E-state index contributed by atoms with van der Waals surface area (Å²) >= 11 is 0. The number of amides is 1. The standard InChI is InChI=1S/C20H20FN3O3/c1-24-17-11-13(5-6-16(17)22-19(24)26)18(25)23-20(7-9-27-10-8-20)14-3-2-4-15(21)12-14/h2-6,11-12H,7-10H2,1H3,(H,22,26)(H,23,25). The first-order chi connectivity index (χ1) is 13.0. The number of imidazole rings is 1. The van der Waals surface area contributed by atoms with E-state index in [-0.39, 0.29) is 17.4 Å². The highest BCUT2D eigenvalue weighted by atomic mass is 19.1. The van der Waals surface area contributed by atoms with Gasteiger partial charge in [-0.05, 0) is 48.7 Å². The van der Waals surface area contributed by atoms with E-state index in [1.165, 1.54) is 16.7 Å². The summed E-state index contributed by atoms with van der Waals surface area (Å²) in [5.74, 6) is -0.604. The fourth-order valence-corrected chi connectivity index (χ4v) is 3.65. The number of nitrogens with zero attached hydrogens (tertiary/aromatic N) is 1. The van der Waals surface area contributed by atoms with Gasteiger partial charge < -0.3 is 15.0 Å². The molecule has 0 radical (unpaired) electrons. The molecule has 1 amide bonds. The van der Waals surface area contributed by atoms with E-state index in [1.54, 1.807) is 31.3 Å². The summed E-state index contributed by atoms with van der Waals surface area (Å²) in [7, 11) is 1.65. The van der Waals surface area contributed by atoms with Crippen LogP contribution >= 0.6 is 0 Å². The van der Waals surface area contributed by atoms with Crippen LogP contribution in [0, 0.1) is 5.82 Å². The molecule has 2 N–H and O–H groups in total. The summed E-state index contributed by atoms with van der Waals surface area (Å²) in [6, 6.07) is 11.4. The summed E-state index contributed by atoms with van der Waals surface area (Å²) in [4.78, 5) is 27.5. The Balaban J connectivity index is 1.70. The van der Waals surface area contributed by atoms with Gasteiger partial charge in [-0.3, -0.25) is 9.36 Å². The molecule has 0 unspecified atom stereocenters. The van der Waals surface area contributed by atoms with Gasteiger partial charge in [-0.25, -0.2) is 9.18 Å². The quantitative estimate of drug-likeness (QED) is 0.745. The minimum Gasteiger partial charge on any atom is -0.381 e. The molecule has 7 heteroatoms. The molecule has 0 aliphatic carbocycles. The number of halogens is 1. The van der Waals surface area contributed by atoms with Gasteiger partial charge in [0.2, 0.25) is 0 Å². The number of aromatic nitrogens is 2. The number of benzene rings is 2. The highest BCUT2D eigenvalue weighted by molar-refractivity contribution is 5.97. The van der Waals surface area contributed by atoms with Crippen LogP contribution in [0.1, 0.15) is 28.8 Å². The lowest BCUT2D eigenvalue weighted by Crippen LogP contribution is -2.49. The first-order valence-electron chi connectivity index (χ1n) is 8.84. The van der Waals surface area contributed by atoms with Gasteiger partial charge >= 0.3 is 5.69 Å². The molecule has 1 aliphatic rings. The number of hydrogen-bond donors (Lipinski definition) is 2. The van der Waals surface area contributed by atoms with Gasteiger partial charge in [0.15, 0.2) is 0 Å². The van der Waals surface area contributed by atoms with Crippen LogP contribution in [-0.4, -0.2) is 28.7 Å². The number of ether oxygens (including phenoxy) is 1. The Morgan fingerprint density at radius 1 is 1.22 bits per heavy atom. The molecule has 1 aliphatic heterocycles. The number of fused-ring (bicyclic) bond motifs is 1. The first-order valence-corrected chi connectivity index (χ1v) is 8.84. The van der Waals surface area contributed by atoms with Crippen LogP contribution in [0.2, 0.25) is 0 Å². The molecule has 0 saturated carbocycles. The number of carbonyl (C=O) groups is 1. The Morgan fingerprint density at radius 2 is 2.00 bits per heavy atom. The minimum atomic E-state index is -0.684. The van der Waals surface area contributed by atoms with E-state index in [9.17, 15) is 14.0 Å². The van der Waals surface area contributed by atoms with Crippen LogP contribution in [0.5, 0.6) is 0 Å². The second kappa shape index (κ2) is 6.66. The number of rotatable bonds is 3. The van der Waals surface area contributed by atoms with Crippen molar-refractivity contribution in [2.45, 2.75) is 18.4 Å². The second-order valence-electron chi connectivity index (χ2n) is 6.88. The van der Waals surface area contributed by atoms with Crippen LogP contribution in [0.25, 0.3) is 11.0 Å². The zero-order valence-corrected chi connectivity index (χ0v) is 14.9. The highest BCUT2D eigenvalue weighted by Gasteiger charge is 2.36. The maximum atomic E-state index is 13.8. The lowest BCUT2D eigenvalue weighted by atomic mass is 9.82. The maximum absolute atomic E-state index is 13.8. The van der Waals surface area contributed by atoms with E-state index in [0.717, 1.165) is 5.56 Å². The second-order valence-corrected chi connectivity index (χ2v) is 6.88. The van der Waals surface area contributed by atoms with E-state index in [4.69, 9.17) is 4.74 Å².